The summed E-state index contributed by atoms with van der Waals surface area (Å²) in [5, 5.41) is 0. The molecule has 0 fully saturated rings. The Labute approximate surface area is 170 Å². The van der Waals surface area contributed by atoms with E-state index in [1.54, 1.807) is 14.2 Å². The number of benzene rings is 2. The summed E-state index contributed by atoms with van der Waals surface area (Å²) in [6, 6.07) is 17.0. The Bertz CT molecular complexity index is 627. The van der Waals surface area contributed by atoms with Crippen LogP contribution in [0.2, 0.25) is 0 Å². The van der Waals surface area contributed by atoms with Crippen molar-refractivity contribution in [2.75, 3.05) is 40.9 Å². The summed E-state index contributed by atoms with van der Waals surface area (Å²) in [6.45, 7) is 5.43. The number of hydrogen-bond donors (Lipinski definition) is 1. The Balaban J connectivity index is 1.84. The molecule has 28 heavy (non-hydrogen) atoms. The van der Waals surface area contributed by atoms with Crippen LogP contribution in [-0.4, -0.2) is 51.4 Å². The first-order chi connectivity index (χ1) is 13.4. The number of methoxy groups -OCH3 is 2. The van der Waals surface area contributed by atoms with E-state index < -0.39 is 0 Å². The molecule has 4 heteroatoms. The number of ether oxygens (including phenoxy) is 2. The molecule has 154 valence electrons. The molecule has 0 aliphatic carbocycles. The zero-order valence-corrected chi connectivity index (χ0v) is 18.0. The predicted molar refractivity (Wildman–Crippen MR) is 117 cm³/mol. The van der Waals surface area contributed by atoms with Crippen molar-refractivity contribution in [3.8, 4) is 11.5 Å². The first kappa shape index (κ1) is 22.3. The highest BCUT2D eigenvalue weighted by atomic mass is 16.5. The molecule has 0 bridgehead atoms. The smallest absolute Gasteiger partial charge is 0.118 e. The SMILES string of the molecule is COc1ccc(CCC[N+](C)(CCCc2ccc(OC)cc2)CC(C)N)cc1. The maximum Gasteiger partial charge on any atom is 0.118 e. The predicted octanol–water partition coefficient (Wildman–Crippen LogP) is 4.06. The third-order valence-corrected chi connectivity index (χ3v) is 5.37. The minimum absolute atomic E-state index is 0.215. The van der Waals surface area contributed by atoms with Crippen molar-refractivity contribution in [1.82, 2.24) is 0 Å². The minimum atomic E-state index is 0.215. The van der Waals surface area contributed by atoms with Crippen molar-refractivity contribution in [2.24, 2.45) is 5.73 Å². The van der Waals surface area contributed by atoms with Gasteiger partial charge in [-0.3, -0.25) is 0 Å². The summed E-state index contributed by atoms with van der Waals surface area (Å²) in [7, 11) is 5.76. The van der Waals surface area contributed by atoms with Crippen LogP contribution in [0.1, 0.15) is 30.9 Å². The molecule has 1 unspecified atom stereocenters. The second kappa shape index (κ2) is 11.1. The Morgan fingerprint density at radius 1 is 0.786 bits per heavy atom. The van der Waals surface area contributed by atoms with Gasteiger partial charge in [0, 0.05) is 12.8 Å². The van der Waals surface area contributed by atoms with Gasteiger partial charge >= 0.3 is 0 Å². The lowest BCUT2D eigenvalue weighted by Crippen LogP contribution is -2.51. The van der Waals surface area contributed by atoms with Gasteiger partial charge in [-0.2, -0.15) is 0 Å². The van der Waals surface area contributed by atoms with Crippen molar-refractivity contribution in [2.45, 2.75) is 38.6 Å². The normalized spacial score (nSPS) is 12.6. The zero-order chi connectivity index (χ0) is 20.4. The van der Waals surface area contributed by atoms with Crippen LogP contribution in [-0.2, 0) is 12.8 Å². The maximum absolute atomic E-state index is 6.16. The van der Waals surface area contributed by atoms with Gasteiger partial charge in [0.1, 0.15) is 11.5 Å². The summed E-state index contributed by atoms with van der Waals surface area (Å²) in [5.41, 5.74) is 8.90. The number of nitrogens with zero attached hydrogens (tertiary/aromatic N) is 1. The molecule has 2 aromatic rings. The van der Waals surface area contributed by atoms with Gasteiger partial charge < -0.3 is 19.7 Å². The van der Waals surface area contributed by atoms with Crippen LogP contribution in [0.25, 0.3) is 0 Å². The third kappa shape index (κ3) is 7.53. The topological polar surface area (TPSA) is 44.5 Å². The second-order valence-corrected chi connectivity index (χ2v) is 8.13. The Morgan fingerprint density at radius 3 is 1.50 bits per heavy atom. The zero-order valence-electron chi connectivity index (χ0n) is 18.0. The fourth-order valence-corrected chi connectivity index (χ4v) is 3.90. The van der Waals surface area contributed by atoms with Gasteiger partial charge in [0.05, 0.1) is 46.9 Å². The van der Waals surface area contributed by atoms with Gasteiger partial charge in [-0.05, 0) is 55.2 Å². The molecule has 0 radical (unpaired) electrons. The Kier molecular flexibility index (Phi) is 8.81. The van der Waals surface area contributed by atoms with E-state index in [1.165, 1.54) is 11.1 Å². The number of rotatable bonds is 12. The van der Waals surface area contributed by atoms with E-state index >= 15 is 0 Å². The molecule has 4 nitrogen and oxygen atoms in total. The van der Waals surface area contributed by atoms with Gasteiger partial charge in [-0.15, -0.1) is 0 Å². The van der Waals surface area contributed by atoms with Gasteiger partial charge in [0.25, 0.3) is 0 Å². The molecular formula is C24H37N2O2+. The van der Waals surface area contributed by atoms with Gasteiger partial charge in [-0.1, -0.05) is 24.3 Å². The number of likely N-dealkylation sites (N-methyl/N-ethyl adjacent to an activating group) is 1. The molecule has 2 aromatic carbocycles. The van der Waals surface area contributed by atoms with Crippen molar-refractivity contribution in [1.29, 1.82) is 0 Å². The first-order valence-corrected chi connectivity index (χ1v) is 10.3. The standard InChI is InChI=1S/C24H37N2O2/c1-20(25)19-26(2,17-5-7-21-9-13-23(27-3)14-10-21)18-6-8-22-11-15-24(28-4)16-12-22/h9-16,20H,5-8,17-19,25H2,1-4H3/q+1. The Hall–Kier alpha value is -2.04. The highest BCUT2D eigenvalue weighted by molar-refractivity contribution is 5.27. The summed E-state index contributed by atoms with van der Waals surface area (Å²) in [4.78, 5) is 0. The van der Waals surface area contributed by atoms with E-state index in [-0.39, 0.29) is 6.04 Å². The molecule has 2 N–H and O–H groups in total. The van der Waals surface area contributed by atoms with E-state index in [0.29, 0.717) is 0 Å². The fraction of sp³-hybridized carbons (Fsp3) is 0.500. The van der Waals surface area contributed by atoms with Crippen molar-refractivity contribution < 1.29 is 14.0 Å². The largest absolute Gasteiger partial charge is 0.497 e. The Morgan fingerprint density at radius 2 is 1.18 bits per heavy atom. The second-order valence-electron chi connectivity index (χ2n) is 8.13. The monoisotopic (exact) mass is 385 g/mol. The highest BCUT2D eigenvalue weighted by Crippen LogP contribution is 2.16. The number of nitrogens with two attached hydrogens (primary N) is 1. The number of quaternary nitrogens is 1. The van der Waals surface area contributed by atoms with Crippen LogP contribution in [0, 0.1) is 0 Å². The van der Waals surface area contributed by atoms with E-state index in [9.17, 15) is 0 Å². The molecule has 2 rings (SSSR count). The molecule has 0 saturated heterocycles. The average Bonchev–Trinajstić information content (AvgIpc) is 2.68. The van der Waals surface area contributed by atoms with E-state index in [1.807, 2.05) is 24.3 Å². The summed E-state index contributed by atoms with van der Waals surface area (Å²) in [5.74, 6) is 1.83. The van der Waals surface area contributed by atoms with Gasteiger partial charge in [0.15, 0.2) is 0 Å². The molecule has 0 saturated carbocycles. The van der Waals surface area contributed by atoms with E-state index in [4.69, 9.17) is 15.2 Å². The average molecular weight is 386 g/mol. The van der Waals surface area contributed by atoms with Crippen molar-refractivity contribution in [3.63, 3.8) is 0 Å². The number of hydrogen-bond acceptors (Lipinski definition) is 3. The van der Waals surface area contributed by atoms with Gasteiger partial charge in [0.2, 0.25) is 0 Å². The molecule has 0 aliphatic rings. The summed E-state index contributed by atoms with van der Waals surface area (Å²) < 4.78 is 11.5. The third-order valence-electron chi connectivity index (χ3n) is 5.37. The molecule has 0 heterocycles. The van der Waals surface area contributed by atoms with Crippen molar-refractivity contribution in [3.05, 3.63) is 59.7 Å². The number of aryl methyl sites for hydroxylation is 2. The van der Waals surface area contributed by atoms with Crippen LogP contribution in [0.5, 0.6) is 11.5 Å². The molecular weight excluding hydrogens is 348 g/mol. The lowest BCUT2D eigenvalue weighted by atomic mass is 10.1. The first-order valence-electron chi connectivity index (χ1n) is 10.3. The molecule has 0 aliphatic heterocycles. The van der Waals surface area contributed by atoms with Crippen LogP contribution in [0.4, 0.5) is 0 Å². The van der Waals surface area contributed by atoms with Crippen LogP contribution >= 0.6 is 0 Å². The molecule has 0 amide bonds. The van der Waals surface area contributed by atoms with E-state index in [2.05, 4.69) is 38.2 Å². The molecule has 0 spiro atoms. The molecule has 1 atom stereocenters. The maximum atomic E-state index is 6.16. The summed E-state index contributed by atoms with van der Waals surface area (Å²) in [6.07, 6.45) is 4.51. The van der Waals surface area contributed by atoms with Crippen molar-refractivity contribution >= 4 is 0 Å². The van der Waals surface area contributed by atoms with Crippen LogP contribution in [0.3, 0.4) is 0 Å². The van der Waals surface area contributed by atoms with E-state index in [0.717, 1.165) is 61.3 Å². The molecule has 0 aromatic heterocycles. The lowest BCUT2D eigenvalue weighted by Gasteiger charge is -2.36. The summed E-state index contributed by atoms with van der Waals surface area (Å²) >= 11 is 0. The lowest BCUT2D eigenvalue weighted by molar-refractivity contribution is -0.910. The minimum Gasteiger partial charge on any atom is -0.497 e. The quantitative estimate of drug-likeness (QED) is 0.560. The fourth-order valence-electron chi connectivity index (χ4n) is 3.90. The van der Waals surface area contributed by atoms with Crippen LogP contribution < -0.4 is 15.2 Å². The van der Waals surface area contributed by atoms with Crippen LogP contribution in [0.15, 0.2) is 48.5 Å². The van der Waals surface area contributed by atoms with Gasteiger partial charge in [-0.25, -0.2) is 0 Å². The highest BCUT2D eigenvalue weighted by Gasteiger charge is 2.22.